The van der Waals surface area contributed by atoms with Crippen molar-refractivity contribution in [1.29, 1.82) is 0 Å². The summed E-state index contributed by atoms with van der Waals surface area (Å²) >= 11 is 0. The van der Waals surface area contributed by atoms with Gasteiger partial charge in [0.25, 0.3) is 11.8 Å². The minimum absolute atomic E-state index is 0.0699. The normalized spacial score (nSPS) is 21.4. The molecule has 8 heteroatoms. The van der Waals surface area contributed by atoms with E-state index in [0.717, 1.165) is 12.8 Å². The monoisotopic (exact) mass is 463 g/mol. The van der Waals surface area contributed by atoms with Crippen LogP contribution in [0.25, 0.3) is 0 Å². The van der Waals surface area contributed by atoms with Crippen LogP contribution in [-0.2, 0) is 9.53 Å². The summed E-state index contributed by atoms with van der Waals surface area (Å²) in [5, 5.41) is 3.02. The second-order valence-corrected chi connectivity index (χ2v) is 9.12. The van der Waals surface area contributed by atoms with Crippen molar-refractivity contribution in [2.45, 2.75) is 43.5 Å². The van der Waals surface area contributed by atoms with E-state index in [1.54, 1.807) is 53.3 Å². The number of carbonyl (C=O) groups excluding carboxylic acids is 3. The summed E-state index contributed by atoms with van der Waals surface area (Å²) in [6, 6.07) is 15.5. The second-order valence-electron chi connectivity index (χ2n) is 9.12. The van der Waals surface area contributed by atoms with E-state index in [0.29, 0.717) is 42.8 Å². The van der Waals surface area contributed by atoms with Crippen molar-refractivity contribution in [1.82, 2.24) is 15.1 Å². The molecule has 1 aliphatic carbocycles. The van der Waals surface area contributed by atoms with Crippen LogP contribution in [-0.4, -0.2) is 72.1 Å². The van der Waals surface area contributed by atoms with Gasteiger partial charge in [-0.3, -0.25) is 19.3 Å². The van der Waals surface area contributed by atoms with Crippen molar-refractivity contribution >= 4 is 17.7 Å². The summed E-state index contributed by atoms with van der Waals surface area (Å²) in [4.78, 5) is 43.1. The lowest BCUT2D eigenvalue weighted by atomic mass is 9.96. The number of methoxy groups -OCH3 is 1. The van der Waals surface area contributed by atoms with Crippen molar-refractivity contribution in [3.63, 3.8) is 0 Å². The molecule has 1 N–H and O–H groups in total. The van der Waals surface area contributed by atoms with Gasteiger partial charge in [0.15, 0.2) is 0 Å². The Morgan fingerprint density at radius 2 is 1.59 bits per heavy atom. The van der Waals surface area contributed by atoms with Crippen LogP contribution in [0.15, 0.2) is 54.6 Å². The SMILES string of the molecule is COc1ccc(C(=O)N2CCC3(CC2)OCC(C(=O)NC2CC2)N3C(=O)c2ccccc2)cc1. The topological polar surface area (TPSA) is 88.2 Å². The molecule has 0 bridgehead atoms. The minimum atomic E-state index is -0.908. The van der Waals surface area contributed by atoms with Gasteiger partial charge in [-0.25, -0.2) is 0 Å². The summed E-state index contributed by atoms with van der Waals surface area (Å²) in [5.74, 6) is 0.239. The van der Waals surface area contributed by atoms with Crippen LogP contribution in [0.2, 0.25) is 0 Å². The molecular weight excluding hydrogens is 434 g/mol. The molecule has 1 unspecified atom stereocenters. The van der Waals surface area contributed by atoms with Gasteiger partial charge in [0.05, 0.1) is 13.7 Å². The molecule has 3 amide bonds. The Hall–Kier alpha value is -3.39. The molecule has 0 aromatic heterocycles. The largest absolute Gasteiger partial charge is 0.497 e. The zero-order valence-corrected chi connectivity index (χ0v) is 19.2. The van der Waals surface area contributed by atoms with E-state index in [2.05, 4.69) is 5.32 Å². The Bertz CT molecular complexity index is 1060. The molecule has 178 valence electrons. The fraction of sp³-hybridized carbons (Fsp3) is 0.423. The number of nitrogens with one attached hydrogen (secondary N) is 1. The summed E-state index contributed by atoms with van der Waals surface area (Å²) < 4.78 is 11.4. The average molecular weight is 464 g/mol. The number of ether oxygens (including phenoxy) is 2. The summed E-state index contributed by atoms with van der Waals surface area (Å²) in [6.07, 6.45) is 2.83. The van der Waals surface area contributed by atoms with E-state index in [4.69, 9.17) is 9.47 Å². The van der Waals surface area contributed by atoms with Crippen LogP contribution >= 0.6 is 0 Å². The summed E-state index contributed by atoms with van der Waals surface area (Å²) in [7, 11) is 1.59. The standard InChI is InChI=1S/C26H29N3O5/c1-33-21-11-7-19(8-12-21)24(31)28-15-13-26(14-16-28)29(25(32)18-5-3-2-4-6-18)22(17-34-26)23(30)27-20-9-10-20/h2-8,11-12,20,22H,9-10,13-17H2,1H3,(H,27,30). The predicted molar refractivity (Wildman–Crippen MR) is 124 cm³/mol. The number of benzene rings is 2. The van der Waals surface area contributed by atoms with Crippen molar-refractivity contribution < 1.29 is 23.9 Å². The Kier molecular flexibility index (Phi) is 6.00. The quantitative estimate of drug-likeness (QED) is 0.736. The maximum atomic E-state index is 13.6. The predicted octanol–water partition coefficient (Wildman–Crippen LogP) is 2.45. The first kappa shape index (κ1) is 22.4. The first-order valence-electron chi connectivity index (χ1n) is 11.8. The van der Waals surface area contributed by atoms with Gasteiger partial charge in [-0.1, -0.05) is 18.2 Å². The zero-order valence-electron chi connectivity index (χ0n) is 19.2. The lowest BCUT2D eigenvalue weighted by Crippen LogP contribution is -2.60. The van der Waals surface area contributed by atoms with Gasteiger partial charge in [0, 0.05) is 43.1 Å². The van der Waals surface area contributed by atoms with E-state index in [1.807, 2.05) is 18.2 Å². The van der Waals surface area contributed by atoms with Crippen LogP contribution in [0.4, 0.5) is 0 Å². The number of hydrogen-bond acceptors (Lipinski definition) is 5. The Balaban J connectivity index is 1.35. The number of likely N-dealkylation sites (tertiary alicyclic amines) is 1. The number of amides is 3. The molecule has 2 aromatic carbocycles. The lowest BCUT2D eigenvalue weighted by Gasteiger charge is -2.44. The van der Waals surface area contributed by atoms with Gasteiger partial charge in [0.2, 0.25) is 5.91 Å². The zero-order chi connectivity index (χ0) is 23.7. The number of nitrogens with zero attached hydrogens (tertiary/aromatic N) is 2. The molecule has 1 saturated carbocycles. The van der Waals surface area contributed by atoms with E-state index in [9.17, 15) is 14.4 Å². The maximum Gasteiger partial charge on any atom is 0.256 e. The van der Waals surface area contributed by atoms with Crippen LogP contribution in [0.3, 0.4) is 0 Å². The molecule has 1 atom stereocenters. The molecule has 1 spiro atoms. The van der Waals surface area contributed by atoms with Crippen LogP contribution in [0, 0.1) is 0 Å². The number of hydrogen-bond donors (Lipinski definition) is 1. The molecular formula is C26H29N3O5. The van der Waals surface area contributed by atoms with Crippen molar-refractivity contribution in [3.05, 3.63) is 65.7 Å². The number of carbonyl (C=O) groups is 3. The molecule has 2 heterocycles. The van der Waals surface area contributed by atoms with E-state index in [1.165, 1.54) is 0 Å². The number of piperidine rings is 1. The first-order valence-corrected chi connectivity index (χ1v) is 11.8. The third kappa shape index (κ3) is 4.25. The van der Waals surface area contributed by atoms with Gasteiger partial charge in [-0.05, 0) is 49.2 Å². The molecule has 5 rings (SSSR count). The highest BCUT2D eigenvalue weighted by molar-refractivity contribution is 5.98. The number of rotatable bonds is 5. The summed E-state index contributed by atoms with van der Waals surface area (Å²) in [5.41, 5.74) is 0.200. The van der Waals surface area contributed by atoms with Crippen LogP contribution < -0.4 is 10.1 Å². The van der Waals surface area contributed by atoms with Gasteiger partial charge in [-0.2, -0.15) is 0 Å². The van der Waals surface area contributed by atoms with E-state index < -0.39 is 11.8 Å². The smallest absolute Gasteiger partial charge is 0.256 e. The van der Waals surface area contributed by atoms with E-state index >= 15 is 0 Å². The average Bonchev–Trinajstić information content (AvgIpc) is 3.63. The maximum absolute atomic E-state index is 13.6. The fourth-order valence-electron chi connectivity index (χ4n) is 4.79. The van der Waals surface area contributed by atoms with E-state index in [-0.39, 0.29) is 30.4 Å². The first-order chi connectivity index (χ1) is 16.5. The van der Waals surface area contributed by atoms with Crippen molar-refractivity contribution in [2.24, 2.45) is 0 Å². The van der Waals surface area contributed by atoms with Gasteiger partial charge >= 0.3 is 0 Å². The minimum Gasteiger partial charge on any atom is -0.497 e. The molecule has 2 saturated heterocycles. The summed E-state index contributed by atoms with van der Waals surface area (Å²) in [6.45, 7) is 1.02. The molecule has 3 fully saturated rings. The molecule has 0 radical (unpaired) electrons. The Morgan fingerprint density at radius 3 is 2.21 bits per heavy atom. The molecule has 3 aliphatic rings. The van der Waals surface area contributed by atoms with Crippen LogP contribution in [0.1, 0.15) is 46.4 Å². The van der Waals surface area contributed by atoms with Gasteiger partial charge < -0.3 is 19.7 Å². The Labute approximate surface area is 198 Å². The highest BCUT2D eigenvalue weighted by atomic mass is 16.5. The van der Waals surface area contributed by atoms with Gasteiger partial charge in [0.1, 0.15) is 17.5 Å². The molecule has 2 aromatic rings. The molecule has 34 heavy (non-hydrogen) atoms. The highest BCUT2D eigenvalue weighted by Gasteiger charge is 2.54. The van der Waals surface area contributed by atoms with Crippen molar-refractivity contribution in [3.8, 4) is 5.75 Å². The second kappa shape index (κ2) is 9.10. The van der Waals surface area contributed by atoms with Crippen LogP contribution in [0.5, 0.6) is 5.75 Å². The third-order valence-corrected chi connectivity index (χ3v) is 6.90. The third-order valence-electron chi connectivity index (χ3n) is 6.90. The molecule has 2 aliphatic heterocycles. The lowest BCUT2D eigenvalue weighted by molar-refractivity contribution is -0.128. The van der Waals surface area contributed by atoms with Gasteiger partial charge in [-0.15, -0.1) is 0 Å². The fourth-order valence-corrected chi connectivity index (χ4v) is 4.79. The highest BCUT2D eigenvalue weighted by Crippen LogP contribution is 2.39. The molecule has 8 nitrogen and oxygen atoms in total. The van der Waals surface area contributed by atoms with Crippen molar-refractivity contribution in [2.75, 3.05) is 26.8 Å². The Morgan fingerprint density at radius 1 is 0.941 bits per heavy atom.